The standard InChI is InChI=1S/C17H18FN3O2.2ClH/c1-17(2)8-14(12-7-10(19)3-4-15(12)23-17)21-16(22)11-5-6-20-9-13(11)18;;/h3-7,9,14H,8,19H2,1-2H3,(H,21,22);2*1H. The molecule has 1 amide bonds. The van der Waals surface area contributed by atoms with Gasteiger partial charge in [0.25, 0.3) is 5.91 Å². The van der Waals surface area contributed by atoms with Gasteiger partial charge in [0.2, 0.25) is 0 Å². The summed E-state index contributed by atoms with van der Waals surface area (Å²) in [7, 11) is 0. The Morgan fingerprint density at radius 1 is 1.36 bits per heavy atom. The van der Waals surface area contributed by atoms with Gasteiger partial charge in [0.05, 0.1) is 17.8 Å². The van der Waals surface area contributed by atoms with Gasteiger partial charge in [-0.1, -0.05) is 0 Å². The van der Waals surface area contributed by atoms with E-state index in [0.29, 0.717) is 17.9 Å². The normalized spacial score (nSPS) is 17.2. The second-order valence-corrected chi connectivity index (χ2v) is 6.24. The number of nitrogen functional groups attached to an aromatic ring is 1. The number of aromatic nitrogens is 1. The molecule has 1 unspecified atom stereocenters. The van der Waals surface area contributed by atoms with Crippen LogP contribution in [0, 0.1) is 5.82 Å². The number of hydrogen-bond acceptors (Lipinski definition) is 4. The number of hydrogen-bond donors (Lipinski definition) is 2. The molecule has 2 aromatic rings. The average molecular weight is 388 g/mol. The number of nitrogens with zero attached hydrogens (tertiary/aromatic N) is 1. The summed E-state index contributed by atoms with van der Waals surface area (Å²) >= 11 is 0. The zero-order valence-electron chi connectivity index (χ0n) is 13.8. The predicted molar refractivity (Wildman–Crippen MR) is 99.1 cm³/mol. The molecule has 1 aliphatic heterocycles. The van der Waals surface area contributed by atoms with Crippen LogP contribution in [0.15, 0.2) is 36.7 Å². The molecule has 1 atom stereocenters. The van der Waals surface area contributed by atoms with E-state index in [1.54, 1.807) is 18.2 Å². The molecule has 3 N–H and O–H groups in total. The smallest absolute Gasteiger partial charge is 0.254 e. The van der Waals surface area contributed by atoms with Gasteiger partial charge in [-0.25, -0.2) is 4.39 Å². The van der Waals surface area contributed by atoms with E-state index in [1.165, 1.54) is 12.3 Å². The molecule has 1 aromatic heterocycles. The third kappa shape index (κ3) is 4.52. The lowest BCUT2D eigenvalue weighted by molar-refractivity contribution is 0.0619. The van der Waals surface area contributed by atoms with Gasteiger partial charge >= 0.3 is 0 Å². The second kappa shape index (κ2) is 7.89. The molecule has 0 saturated heterocycles. The van der Waals surface area contributed by atoms with Gasteiger partial charge in [-0.2, -0.15) is 0 Å². The predicted octanol–water partition coefficient (Wildman–Crippen LogP) is 3.68. The fourth-order valence-electron chi connectivity index (χ4n) is 2.80. The fourth-order valence-corrected chi connectivity index (χ4v) is 2.80. The number of rotatable bonds is 2. The Kier molecular flexibility index (Phi) is 6.62. The molecular weight excluding hydrogens is 368 g/mol. The molecule has 1 aliphatic rings. The number of pyridine rings is 1. The van der Waals surface area contributed by atoms with E-state index < -0.39 is 17.3 Å². The van der Waals surface area contributed by atoms with Crippen molar-refractivity contribution in [2.75, 3.05) is 5.73 Å². The number of halogens is 3. The summed E-state index contributed by atoms with van der Waals surface area (Å²) in [5.41, 5.74) is 6.74. The van der Waals surface area contributed by atoms with Crippen molar-refractivity contribution in [3.8, 4) is 5.75 Å². The van der Waals surface area contributed by atoms with Gasteiger partial charge in [0.15, 0.2) is 5.82 Å². The number of anilines is 1. The Morgan fingerprint density at radius 2 is 2.08 bits per heavy atom. The van der Waals surface area contributed by atoms with E-state index in [1.807, 2.05) is 13.8 Å². The molecule has 0 fully saturated rings. The minimum absolute atomic E-state index is 0. The summed E-state index contributed by atoms with van der Waals surface area (Å²) in [5, 5.41) is 2.87. The Morgan fingerprint density at radius 3 is 2.76 bits per heavy atom. The highest BCUT2D eigenvalue weighted by molar-refractivity contribution is 5.94. The average Bonchev–Trinajstić information content (AvgIpc) is 2.47. The van der Waals surface area contributed by atoms with E-state index in [9.17, 15) is 9.18 Å². The van der Waals surface area contributed by atoms with Crippen LogP contribution >= 0.6 is 24.8 Å². The summed E-state index contributed by atoms with van der Waals surface area (Å²) in [6.07, 6.45) is 2.97. The quantitative estimate of drug-likeness (QED) is 0.770. The SMILES string of the molecule is CC1(C)CC(NC(=O)c2ccncc2F)c2cc(N)ccc2O1.Cl.Cl. The maximum absolute atomic E-state index is 13.7. The second-order valence-electron chi connectivity index (χ2n) is 6.24. The van der Waals surface area contributed by atoms with E-state index in [4.69, 9.17) is 10.5 Å². The van der Waals surface area contributed by atoms with Gasteiger partial charge in [-0.05, 0) is 38.1 Å². The van der Waals surface area contributed by atoms with Gasteiger partial charge in [-0.15, -0.1) is 24.8 Å². The number of nitrogens with one attached hydrogen (secondary N) is 1. The number of carbonyl (C=O) groups is 1. The van der Waals surface area contributed by atoms with Crippen LogP contribution in [0.5, 0.6) is 5.75 Å². The summed E-state index contributed by atoms with van der Waals surface area (Å²) < 4.78 is 19.7. The van der Waals surface area contributed by atoms with Crippen molar-refractivity contribution in [1.29, 1.82) is 0 Å². The molecule has 1 aromatic carbocycles. The minimum atomic E-state index is -0.649. The molecule has 25 heavy (non-hydrogen) atoms. The topological polar surface area (TPSA) is 77.2 Å². The van der Waals surface area contributed by atoms with Gasteiger partial charge < -0.3 is 15.8 Å². The van der Waals surface area contributed by atoms with Crippen LogP contribution < -0.4 is 15.8 Å². The molecule has 0 radical (unpaired) electrons. The number of ether oxygens (including phenoxy) is 1. The van der Waals surface area contributed by atoms with Crippen molar-refractivity contribution in [3.05, 3.63) is 53.6 Å². The highest BCUT2D eigenvalue weighted by atomic mass is 35.5. The monoisotopic (exact) mass is 387 g/mol. The van der Waals surface area contributed by atoms with Gasteiger partial charge in [0.1, 0.15) is 11.4 Å². The van der Waals surface area contributed by atoms with Crippen molar-refractivity contribution in [3.63, 3.8) is 0 Å². The lowest BCUT2D eigenvalue weighted by Gasteiger charge is -2.38. The molecule has 0 saturated carbocycles. The van der Waals surface area contributed by atoms with Crippen molar-refractivity contribution < 1.29 is 13.9 Å². The minimum Gasteiger partial charge on any atom is -0.487 e. The van der Waals surface area contributed by atoms with Crippen LogP contribution in [0.2, 0.25) is 0 Å². The molecule has 5 nitrogen and oxygen atoms in total. The van der Waals surface area contributed by atoms with Crippen LogP contribution in [-0.2, 0) is 0 Å². The first-order valence-corrected chi connectivity index (χ1v) is 7.34. The molecule has 136 valence electrons. The highest BCUT2D eigenvalue weighted by Gasteiger charge is 2.35. The van der Waals surface area contributed by atoms with E-state index in [-0.39, 0.29) is 36.4 Å². The first kappa shape index (κ1) is 21.0. The molecule has 3 rings (SSSR count). The van der Waals surface area contributed by atoms with Crippen molar-refractivity contribution in [2.45, 2.75) is 31.9 Å². The van der Waals surface area contributed by atoms with Gasteiger partial charge in [0, 0.05) is 23.9 Å². The number of amides is 1. The van der Waals surface area contributed by atoms with Crippen molar-refractivity contribution in [2.24, 2.45) is 0 Å². The van der Waals surface area contributed by atoms with Crippen LogP contribution in [-0.4, -0.2) is 16.5 Å². The molecule has 0 aliphatic carbocycles. The lowest BCUT2D eigenvalue weighted by atomic mass is 9.89. The number of carbonyl (C=O) groups excluding carboxylic acids is 1. The largest absolute Gasteiger partial charge is 0.487 e. The Labute approximate surface area is 158 Å². The molecule has 0 bridgehead atoms. The summed E-state index contributed by atoms with van der Waals surface area (Å²) in [5.74, 6) is -0.457. The number of nitrogens with two attached hydrogens (primary N) is 1. The Balaban J connectivity index is 0.00000156. The maximum Gasteiger partial charge on any atom is 0.254 e. The summed E-state index contributed by atoms with van der Waals surface area (Å²) in [4.78, 5) is 16.0. The summed E-state index contributed by atoms with van der Waals surface area (Å²) in [6, 6.07) is 6.37. The van der Waals surface area contributed by atoms with Crippen LogP contribution in [0.3, 0.4) is 0 Å². The zero-order chi connectivity index (χ0) is 16.6. The Hall–Kier alpha value is -2.05. The van der Waals surface area contributed by atoms with Crippen molar-refractivity contribution in [1.82, 2.24) is 10.3 Å². The zero-order valence-corrected chi connectivity index (χ0v) is 15.4. The van der Waals surface area contributed by atoms with E-state index in [2.05, 4.69) is 10.3 Å². The Bertz CT molecular complexity index is 771. The van der Waals surface area contributed by atoms with E-state index >= 15 is 0 Å². The van der Waals surface area contributed by atoms with Crippen LogP contribution in [0.25, 0.3) is 0 Å². The van der Waals surface area contributed by atoms with Crippen LogP contribution in [0.1, 0.15) is 42.2 Å². The first-order chi connectivity index (χ1) is 10.9. The number of fused-ring (bicyclic) bond motifs is 1. The summed E-state index contributed by atoms with van der Waals surface area (Å²) in [6.45, 7) is 3.89. The van der Waals surface area contributed by atoms with Gasteiger partial charge in [-0.3, -0.25) is 9.78 Å². The molecule has 0 spiro atoms. The first-order valence-electron chi connectivity index (χ1n) is 7.34. The molecule has 2 heterocycles. The molecule has 8 heteroatoms. The van der Waals surface area contributed by atoms with Crippen molar-refractivity contribution >= 4 is 36.4 Å². The van der Waals surface area contributed by atoms with E-state index in [0.717, 1.165) is 11.8 Å². The molecular formula is C17H20Cl2FN3O2. The van der Waals surface area contributed by atoms with Crippen LogP contribution in [0.4, 0.5) is 10.1 Å². The maximum atomic E-state index is 13.7. The lowest BCUT2D eigenvalue weighted by Crippen LogP contribution is -2.41. The fraction of sp³-hybridized carbons (Fsp3) is 0.294. The third-order valence-corrected chi connectivity index (χ3v) is 3.81. The highest BCUT2D eigenvalue weighted by Crippen LogP contribution is 2.40. The third-order valence-electron chi connectivity index (χ3n) is 3.81. The number of benzene rings is 1.